The average molecular weight is 403 g/mol. The Morgan fingerprint density at radius 2 is 1.50 bits per heavy atom. The van der Waals surface area contributed by atoms with Gasteiger partial charge in [-0.1, -0.05) is 68.1 Å². The molecular weight excluding hydrogens is 378 g/mol. The zero-order valence-electron chi connectivity index (χ0n) is 16.2. The standard InChI is InChI=1S/C23H21N3O3.CH4/c1-15(2)25-14-18(26-21(23(25)29)22(28)19(27)13-24-26)20(16-9-5-3-6-10-16)17-11-7-4-8-12-17;/h3-13,15,28H,14H2,1-2H3;1H4. The first-order valence-corrected chi connectivity index (χ1v) is 9.45. The van der Waals surface area contributed by atoms with Gasteiger partial charge in [0.15, 0.2) is 11.4 Å². The normalized spacial score (nSPS) is 13.1. The fraction of sp³-hybridized carbons (Fsp3) is 0.208. The van der Waals surface area contributed by atoms with Crippen molar-refractivity contribution < 1.29 is 9.90 Å². The highest BCUT2D eigenvalue weighted by Gasteiger charge is 2.35. The third-order valence-electron chi connectivity index (χ3n) is 5.04. The van der Waals surface area contributed by atoms with Crippen LogP contribution >= 0.6 is 0 Å². The summed E-state index contributed by atoms with van der Waals surface area (Å²) in [5, 5.41) is 14.6. The number of hydrogen-bond donors (Lipinski definition) is 1. The fourth-order valence-electron chi connectivity index (χ4n) is 3.59. The number of fused-ring (bicyclic) bond motifs is 1. The number of aromatic hydroxyl groups is 1. The van der Waals surface area contributed by atoms with E-state index in [0.29, 0.717) is 6.54 Å². The number of carbonyl (C=O) groups excluding carboxylic acids is 1. The summed E-state index contributed by atoms with van der Waals surface area (Å²) in [4.78, 5) is 26.7. The Morgan fingerprint density at radius 3 is 2.00 bits per heavy atom. The Bertz CT molecular complexity index is 1110. The van der Waals surface area contributed by atoms with E-state index in [1.807, 2.05) is 74.5 Å². The Hall–Kier alpha value is -3.67. The summed E-state index contributed by atoms with van der Waals surface area (Å²) in [6.45, 7) is 4.11. The summed E-state index contributed by atoms with van der Waals surface area (Å²) in [6.07, 6.45) is 1.05. The molecule has 2 heterocycles. The van der Waals surface area contributed by atoms with Gasteiger partial charge in [0.2, 0.25) is 5.43 Å². The molecule has 0 saturated heterocycles. The number of aromatic nitrogens is 2. The van der Waals surface area contributed by atoms with Crippen LogP contribution in [0.5, 0.6) is 5.75 Å². The lowest BCUT2D eigenvalue weighted by atomic mass is 9.94. The smallest absolute Gasteiger partial charge is 0.277 e. The highest BCUT2D eigenvalue weighted by Crippen LogP contribution is 2.34. The van der Waals surface area contributed by atoms with E-state index >= 15 is 0 Å². The minimum atomic E-state index is -0.671. The van der Waals surface area contributed by atoms with Crippen LogP contribution in [0.3, 0.4) is 0 Å². The van der Waals surface area contributed by atoms with Gasteiger partial charge >= 0.3 is 0 Å². The van der Waals surface area contributed by atoms with Gasteiger partial charge in [-0.25, -0.2) is 4.68 Å². The van der Waals surface area contributed by atoms with Crippen molar-refractivity contribution >= 4 is 17.2 Å². The van der Waals surface area contributed by atoms with E-state index < -0.39 is 17.1 Å². The highest BCUT2D eigenvalue weighted by molar-refractivity contribution is 6.03. The van der Waals surface area contributed by atoms with Gasteiger partial charge in [-0.2, -0.15) is 5.10 Å². The first-order chi connectivity index (χ1) is 14.0. The Labute approximate surface area is 175 Å². The summed E-state index contributed by atoms with van der Waals surface area (Å²) in [7, 11) is 0. The van der Waals surface area contributed by atoms with Crippen molar-refractivity contribution in [2.45, 2.75) is 27.3 Å². The molecule has 0 radical (unpaired) electrons. The molecule has 1 aromatic heterocycles. The minimum Gasteiger partial charge on any atom is -0.502 e. The summed E-state index contributed by atoms with van der Waals surface area (Å²) in [5.41, 5.74) is 2.75. The summed E-state index contributed by atoms with van der Waals surface area (Å²) >= 11 is 0. The fourth-order valence-corrected chi connectivity index (χ4v) is 3.59. The van der Waals surface area contributed by atoms with Crippen molar-refractivity contribution in [3.63, 3.8) is 0 Å². The zero-order valence-corrected chi connectivity index (χ0v) is 16.2. The predicted molar refractivity (Wildman–Crippen MR) is 118 cm³/mol. The molecule has 1 N–H and O–H groups in total. The van der Waals surface area contributed by atoms with E-state index in [4.69, 9.17) is 0 Å². The van der Waals surface area contributed by atoms with Gasteiger partial charge in [-0.3, -0.25) is 9.59 Å². The Balaban J connectivity index is 0.00000256. The summed E-state index contributed by atoms with van der Waals surface area (Å²) in [6, 6.07) is 19.5. The van der Waals surface area contributed by atoms with Crippen LogP contribution in [0.2, 0.25) is 0 Å². The second kappa shape index (κ2) is 8.37. The molecule has 0 saturated carbocycles. The van der Waals surface area contributed by atoms with Crippen LogP contribution in [0.15, 0.2) is 71.7 Å². The van der Waals surface area contributed by atoms with Gasteiger partial charge in [0.05, 0.1) is 18.4 Å². The number of carbonyl (C=O) groups is 1. The molecule has 6 heteroatoms. The largest absolute Gasteiger partial charge is 0.502 e. The maximum Gasteiger partial charge on any atom is 0.277 e. The van der Waals surface area contributed by atoms with Crippen LogP contribution in [0.1, 0.15) is 42.9 Å². The SMILES string of the molecule is C.CC(C)N1CC(=C(c2ccccc2)c2ccccc2)n2ncc(=O)c(O)c2C1=O. The van der Waals surface area contributed by atoms with Crippen LogP contribution < -0.4 is 5.43 Å². The molecule has 30 heavy (non-hydrogen) atoms. The van der Waals surface area contributed by atoms with Gasteiger partial charge in [0, 0.05) is 11.6 Å². The first kappa shape index (κ1) is 21.0. The summed E-state index contributed by atoms with van der Waals surface area (Å²) in [5.74, 6) is -0.986. The zero-order chi connectivity index (χ0) is 20.5. The molecule has 4 rings (SSSR count). The third-order valence-corrected chi connectivity index (χ3v) is 5.04. The van der Waals surface area contributed by atoms with E-state index in [0.717, 1.165) is 28.6 Å². The van der Waals surface area contributed by atoms with E-state index in [1.165, 1.54) is 4.68 Å². The van der Waals surface area contributed by atoms with Crippen molar-refractivity contribution in [1.82, 2.24) is 14.7 Å². The second-order valence-electron chi connectivity index (χ2n) is 7.20. The molecule has 1 aliphatic rings. The lowest BCUT2D eigenvalue weighted by molar-refractivity contribution is 0.0696. The minimum absolute atomic E-state index is 0. The quantitative estimate of drug-likeness (QED) is 0.720. The molecule has 6 nitrogen and oxygen atoms in total. The number of amides is 1. The third kappa shape index (κ3) is 3.52. The van der Waals surface area contributed by atoms with Crippen LogP contribution in [0, 0.1) is 0 Å². The van der Waals surface area contributed by atoms with E-state index in [2.05, 4.69) is 5.10 Å². The molecule has 0 atom stereocenters. The maximum atomic E-state index is 13.0. The molecule has 0 unspecified atom stereocenters. The maximum absolute atomic E-state index is 13.0. The van der Waals surface area contributed by atoms with Crippen LogP contribution in [-0.4, -0.2) is 38.3 Å². The number of hydrogen-bond acceptors (Lipinski definition) is 4. The number of rotatable bonds is 3. The lowest BCUT2D eigenvalue weighted by Gasteiger charge is -2.35. The first-order valence-electron chi connectivity index (χ1n) is 9.45. The van der Waals surface area contributed by atoms with Crippen LogP contribution in [-0.2, 0) is 0 Å². The monoisotopic (exact) mass is 403 g/mol. The lowest BCUT2D eigenvalue weighted by Crippen LogP contribution is -2.45. The van der Waals surface area contributed by atoms with Crippen molar-refractivity contribution in [2.75, 3.05) is 6.54 Å². The van der Waals surface area contributed by atoms with Crippen molar-refractivity contribution in [3.05, 3.63) is 93.9 Å². The molecule has 1 amide bonds. The highest BCUT2D eigenvalue weighted by atomic mass is 16.3. The van der Waals surface area contributed by atoms with E-state index in [9.17, 15) is 14.7 Å². The number of benzene rings is 2. The Kier molecular flexibility index (Phi) is 5.87. The van der Waals surface area contributed by atoms with E-state index in [-0.39, 0.29) is 19.2 Å². The average Bonchev–Trinajstić information content (AvgIpc) is 2.73. The molecule has 0 fully saturated rings. The number of nitrogens with zero attached hydrogens (tertiary/aromatic N) is 3. The van der Waals surface area contributed by atoms with Crippen LogP contribution in [0.4, 0.5) is 0 Å². The van der Waals surface area contributed by atoms with Crippen molar-refractivity contribution in [1.29, 1.82) is 0 Å². The molecular formula is C24H25N3O3. The van der Waals surface area contributed by atoms with Crippen molar-refractivity contribution in [3.8, 4) is 5.75 Å². The topological polar surface area (TPSA) is 75.4 Å². The molecule has 2 aromatic carbocycles. The Morgan fingerprint density at radius 1 is 0.967 bits per heavy atom. The van der Waals surface area contributed by atoms with Gasteiger partial charge in [-0.05, 0) is 25.0 Å². The predicted octanol–water partition coefficient (Wildman–Crippen LogP) is 3.87. The molecule has 154 valence electrons. The molecule has 0 aliphatic carbocycles. The van der Waals surface area contributed by atoms with Gasteiger partial charge < -0.3 is 10.0 Å². The summed E-state index contributed by atoms with van der Waals surface area (Å²) < 4.78 is 1.41. The van der Waals surface area contributed by atoms with Gasteiger partial charge in [-0.15, -0.1) is 0 Å². The molecule has 3 aromatic rings. The van der Waals surface area contributed by atoms with Gasteiger partial charge in [0.25, 0.3) is 5.91 Å². The van der Waals surface area contributed by atoms with Crippen LogP contribution in [0.25, 0.3) is 11.3 Å². The van der Waals surface area contributed by atoms with E-state index in [1.54, 1.807) is 4.90 Å². The molecule has 0 bridgehead atoms. The van der Waals surface area contributed by atoms with Gasteiger partial charge in [0.1, 0.15) is 0 Å². The molecule has 0 spiro atoms. The second-order valence-corrected chi connectivity index (χ2v) is 7.20. The van der Waals surface area contributed by atoms with Crippen molar-refractivity contribution in [2.24, 2.45) is 0 Å². The molecule has 1 aliphatic heterocycles.